The number of amides is 2. The molecule has 2 N–H and O–H groups in total. The Morgan fingerprint density at radius 3 is 2.24 bits per heavy atom. The number of benzene rings is 1. The van der Waals surface area contributed by atoms with Gasteiger partial charge in [-0.25, -0.2) is 4.68 Å². The summed E-state index contributed by atoms with van der Waals surface area (Å²) in [5, 5.41) is 13.8. The Bertz CT molecular complexity index is 849. The number of rotatable bonds is 15. The van der Waals surface area contributed by atoms with Crippen LogP contribution in [-0.2, 0) is 14.3 Å². The van der Waals surface area contributed by atoms with E-state index in [0.29, 0.717) is 44.4 Å². The molecule has 2 amide bonds. The van der Waals surface area contributed by atoms with Gasteiger partial charge < -0.3 is 20.1 Å². The summed E-state index contributed by atoms with van der Waals surface area (Å²) in [5.41, 5.74) is 2.21. The lowest BCUT2D eigenvalue weighted by molar-refractivity contribution is -0.122. The van der Waals surface area contributed by atoms with E-state index in [-0.39, 0.29) is 24.3 Å². The van der Waals surface area contributed by atoms with Gasteiger partial charge in [-0.1, -0.05) is 31.2 Å². The second kappa shape index (κ2) is 14.4. The van der Waals surface area contributed by atoms with Crippen molar-refractivity contribution < 1.29 is 19.1 Å². The minimum absolute atomic E-state index is 0.108. The summed E-state index contributed by atoms with van der Waals surface area (Å²) in [4.78, 5) is 24.1. The highest BCUT2D eigenvalue weighted by Crippen LogP contribution is 2.18. The zero-order chi connectivity index (χ0) is 24.1. The number of carbonyl (C=O) groups is 2. The highest BCUT2D eigenvalue weighted by molar-refractivity contribution is 5.94. The molecule has 0 fully saturated rings. The smallest absolute Gasteiger partial charge is 0.251 e. The third kappa shape index (κ3) is 10.1. The number of hydrogen-bond acceptors (Lipinski definition) is 6. The van der Waals surface area contributed by atoms with Gasteiger partial charge in [0.15, 0.2) is 0 Å². The predicted octanol–water partition coefficient (Wildman–Crippen LogP) is 2.84. The first-order valence-electron chi connectivity index (χ1n) is 11.6. The van der Waals surface area contributed by atoms with Gasteiger partial charge in [-0.2, -0.15) is 0 Å². The van der Waals surface area contributed by atoms with Gasteiger partial charge in [-0.05, 0) is 38.3 Å². The third-order valence-corrected chi connectivity index (χ3v) is 4.90. The maximum absolute atomic E-state index is 12.3. The van der Waals surface area contributed by atoms with E-state index in [1.807, 2.05) is 32.2 Å². The summed E-state index contributed by atoms with van der Waals surface area (Å²) in [6, 6.07) is 7.44. The molecule has 0 radical (unpaired) electrons. The van der Waals surface area contributed by atoms with Crippen LogP contribution in [0.25, 0.3) is 11.3 Å². The number of carbonyl (C=O) groups excluding carboxylic acids is 2. The van der Waals surface area contributed by atoms with Gasteiger partial charge in [-0.15, -0.1) is 5.10 Å². The molecule has 33 heavy (non-hydrogen) atoms. The minimum atomic E-state index is -0.192. The lowest BCUT2D eigenvalue weighted by atomic mass is 10.1. The standard InChI is InChI=1S/C24H37N5O4/c1-18(2)9-13-32-15-16-33-14-10-23(30)25-11-12-26-24(31)21-7-5-20(6-8-21)22-17-29(19(3)4)28-27-22/h5-8,17-19H,9-16H2,1-4H3,(H,25,30)(H,26,31). The van der Waals surface area contributed by atoms with Crippen LogP contribution in [-0.4, -0.2) is 66.3 Å². The quantitative estimate of drug-likeness (QED) is 0.397. The molecule has 9 heteroatoms. The Labute approximate surface area is 196 Å². The minimum Gasteiger partial charge on any atom is -0.379 e. The number of ether oxygens (including phenoxy) is 2. The van der Waals surface area contributed by atoms with Crippen LogP contribution >= 0.6 is 0 Å². The van der Waals surface area contributed by atoms with Gasteiger partial charge >= 0.3 is 0 Å². The van der Waals surface area contributed by atoms with Crippen LogP contribution in [0.15, 0.2) is 30.5 Å². The van der Waals surface area contributed by atoms with Crippen molar-refractivity contribution in [1.29, 1.82) is 0 Å². The van der Waals surface area contributed by atoms with Gasteiger partial charge in [0.2, 0.25) is 5.91 Å². The average Bonchev–Trinajstić information content (AvgIpc) is 3.29. The van der Waals surface area contributed by atoms with E-state index < -0.39 is 0 Å². The highest BCUT2D eigenvalue weighted by atomic mass is 16.5. The number of aromatic nitrogens is 3. The molecule has 0 bridgehead atoms. The number of hydrogen-bond donors (Lipinski definition) is 2. The molecule has 0 saturated heterocycles. The number of nitrogens with one attached hydrogen (secondary N) is 2. The largest absolute Gasteiger partial charge is 0.379 e. The summed E-state index contributed by atoms with van der Waals surface area (Å²) >= 11 is 0. The van der Waals surface area contributed by atoms with E-state index in [2.05, 4.69) is 34.8 Å². The molecule has 1 heterocycles. The monoisotopic (exact) mass is 459 g/mol. The van der Waals surface area contributed by atoms with E-state index in [9.17, 15) is 9.59 Å². The predicted molar refractivity (Wildman–Crippen MR) is 127 cm³/mol. The van der Waals surface area contributed by atoms with Crippen LogP contribution in [0.3, 0.4) is 0 Å². The first-order valence-corrected chi connectivity index (χ1v) is 11.6. The summed E-state index contributed by atoms with van der Waals surface area (Å²) in [5.74, 6) is 0.329. The van der Waals surface area contributed by atoms with Crippen LogP contribution in [0.1, 0.15) is 56.9 Å². The average molecular weight is 460 g/mol. The van der Waals surface area contributed by atoms with Crippen molar-refractivity contribution >= 4 is 11.8 Å². The van der Waals surface area contributed by atoms with Crippen molar-refractivity contribution in [2.75, 3.05) is 39.5 Å². The fraction of sp³-hybridized carbons (Fsp3) is 0.583. The SMILES string of the molecule is CC(C)CCOCCOCCC(=O)NCCNC(=O)c1ccc(-c2cn(C(C)C)nn2)cc1. The second-order valence-corrected chi connectivity index (χ2v) is 8.52. The molecule has 0 unspecified atom stereocenters. The van der Waals surface area contributed by atoms with Crippen molar-refractivity contribution in [3.05, 3.63) is 36.0 Å². The normalized spacial score (nSPS) is 11.2. The highest BCUT2D eigenvalue weighted by Gasteiger charge is 2.09. The van der Waals surface area contributed by atoms with Crippen molar-refractivity contribution in [3.63, 3.8) is 0 Å². The second-order valence-electron chi connectivity index (χ2n) is 8.52. The Hall–Kier alpha value is -2.78. The molecule has 0 aliphatic carbocycles. The van der Waals surface area contributed by atoms with E-state index in [1.54, 1.807) is 16.8 Å². The van der Waals surface area contributed by atoms with Crippen molar-refractivity contribution in [3.8, 4) is 11.3 Å². The van der Waals surface area contributed by atoms with Crippen LogP contribution in [0.5, 0.6) is 0 Å². The van der Waals surface area contributed by atoms with Crippen molar-refractivity contribution in [2.45, 2.75) is 46.6 Å². The van der Waals surface area contributed by atoms with Crippen LogP contribution in [0.4, 0.5) is 0 Å². The fourth-order valence-electron chi connectivity index (χ4n) is 2.83. The van der Waals surface area contributed by atoms with Gasteiger partial charge in [0.25, 0.3) is 5.91 Å². The lowest BCUT2D eigenvalue weighted by Gasteiger charge is -2.09. The lowest BCUT2D eigenvalue weighted by Crippen LogP contribution is -2.35. The van der Waals surface area contributed by atoms with Gasteiger partial charge in [0.05, 0.1) is 26.0 Å². The molecule has 0 atom stereocenters. The molecule has 1 aromatic carbocycles. The van der Waals surface area contributed by atoms with Gasteiger partial charge in [-0.3, -0.25) is 9.59 Å². The molecule has 2 rings (SSSR count). The Kier molecular flexibility index (Phi) is 11.5. The molecular formula is C24H37N5O4. The fourth-order valence-corrected chi connectivity index (χ4v) is 2.83. The molecule has 0 spiro atoms. The van der Waals surface area contributed by atoms with E-state index >= 15 is 0 Å². The summed E-state index contributed by atoms with van der Waals surface area (Å²) < 4.78 is 12.7. The van der Waals surface area contributed by atoms with E-state index in [0.717, 1.165) is 24.3 Å². The zero-order valence-corrected chi connectivity index (χ0v) is 20.2. The molecule has 0 aliphatic rings. The molecule has 0 saturated carbocycles. The first-order chi connectivity index (χ1) is 15.9. The Balaban J connectivity index is 1.57. The summed E-state index contributed by atoms with van der Waals surface area (Å²) in [6.07, 6.45) is 3.20. The van der Waals surface area contributed by atoms with Crippen molar-refractivity contribution in [2.24, 2.45) is 5.92 Å². The zero-order valence-electron chi connectivity index (χ0n) is 20.2. The summed E-state index contributed by atoms with van der Waals surface area (Å²) in [6.45, 7) is 11.2. The van der Waals surface area contributed by atoms with Crippen LogP contribution < -0.4 is 10.6 Å². The molecular weight excluding hydrogens is 422 g/mol. The van der Waals surface area contributed by atoms with Crippen LogP contribution in [0, 0.1) is 5.92 Å². The molecule has 182 valence electrons. The summed E-state index contributed by atoms with van der Waals surface area (Å²) in [7, 11) is 0. The maximum atomic E-state index is 12.3. The number of nitrogens with zero attached hydrogens (tertiary/aromatic N) is 3. The Morgan fingerprint density at radius 1 is 0.939 bits per heavy atom. The maximum Gasteiger partial charge on any atom is 0.251 e. The van der Waals surface area contributed by atoms with Crippen LogP contribution in [0.2, 0.25) is 0 Å². The molecule has 2 aromatic rings. The van der Waals surface area contributed by atoms with Gasteiger partial charge in [0, 0.05) is 43.3 Å². The van der Waals surface area contributed by atoms with Gasteiger partial charge in [0.1, 0.15) is 5.69 Å². The topological polar surface area (TPSA) is 107 Å². The molecule has 9 nitrogen and oxygen atoms in total. The molecule has 0 aliphatic heterocycles. The molecule has 1 aromatic heterocycles. The first kappa shape index (κ1) is 26.5. The van der Waals surface area contributed by atoms with E-state index in [1.165, 1.54) is 0 Å². The Morgan fingerprint density at radius 2 is 1.61 bits per heavy atom. The van der Waals surface area contributed by atoms with E-state index in [4.69, 9.17) is 9.47 Å². The van der Waals surface area contributed by atoms with Crippen molar-refractivity contribution in [1.82, 2.24) is 25.6 Å². The third-order valence-electron chi connectivity index (χ3n) is 4.90.